The van der Waals surface area contributed by atoms with E-state index >= 15 is 0 Å². The maximum absolute atomic E-state index is 13.0. The van der Waals surface area contributed by atoms with Crippen molar-refractivity contribution < 1.29 is 35.9 Å². The molecule has 13 heteroatoms. The summed E-state index contributed by atoms with van der Waals surface area (Å²) >= 11 is 0. The van der Waals surface area contributed by atoms with E-state index < -0.39 is 52.4 Å². The molecule has 0 fully saturated rings. The number of hydrogen-bond donors (Lipinski definition) is 2. The summed E-state index contributed by atoms with van der Waals surface area (Å²) in [5, 5.41) is 13.7. The van der Waals surface area contributed by atoms with Crippen LogP contribution in [-0.2, 0) is 12.4 Å². The molecule has 2 aromatic rings. The molecular formula is C20H17F6N5O2. The first-order valence-electron chi connectivity index (χ1n) is 9.20. The summed E-state index contributed by atoms with van der Waals surface area (Å²) in [4.78, 5) is 32.8. The fourth-order valence-corrected chi connectivity index (χ4v) is 2.65. The second-order valence-corrected chi connectivity index (χ2v) is 7.47. The van der Waals surface area contributed by atoms with Crippen LogP contribution in [0.1, 0.15) is 64.5 Å². The number of aromatic nitrogens is 2. The van der Waals surface area contributed by atoms with Crippen LogP contribution >= 0.6 is 0 Å². The van der Waals surface area contributed by atoms with Gasteiger partial charge in [-0.2, -0.15) is 31.6 Å². The molecule has 2 amide bonds. The molecule has 7 nitrogen and oxygen atoms in total. The van der Waals surface area contributed by atoms with Gasteiger partial charge in [0.2, 0.25) is 0 Å². The van der Waals surface area contributed by atoms with Crippen LogP contribution in [0.5, 0.6) is 0 Å². The summed E-state index contributed by atoms with van der Waals surface area (Å²) in [7, 11) is 0. The zero-order chi connectivity index (χ0) is 25.2. The van der Waals surface area contributed by atoms with Gasteiger partial charge in [0.25, 0.3) is 11.8 Å². The van der Waals surface area contributed by atoms with Crippen LogP contribution in [0.3, 0.4) is 0 Å². The largest absolute Gasteiger partial charge is 0.416 e. The number of halogens is 6. The number of amides is 2. The SMILES string of the molecule is CC(NC(=O)c1cc(C(F)(F)F)cc(C(F)(F)F)c1)c1nccnc1C(=O)NC(C)(C)C#N. The standard InChI is InChI=1S/C20H17F6N5O2/c1-10(14-15(29-5-4-28-14)17(33)31-18(2,3)9-27)30-16(32)11-6-12(19(21,22)23)8-13(7-11)20(24,25)26/h4-8,10H,1-3H3,(H,30,32)(H,31,33). The molecule has 0 saturated heterocycles. The van der Waals surface area contributed by atoms with Gasteiger partial charge < -0.3 is 10.6 Å². The van der Waals surface area contributed by atoms with Crippen molar-refractivity contribution in [1.29, 1.82) is 5.26 Å². The summed E-state index contributed by atoms with van der Waals surface area (Å²) in [6.45, 7) is 4.14. The molecule has 0 bridgehead atoms. The monoisotopic (exact) mass is 473 g/mol. The van der Waals surface area contributed by atoms with E-state index in [0.717, 1.165) is 6.20 Å². The van der Waals surface area contributed by atoms with Crippen LogP contribution in [0.4, 0.5) is 26.3 Å². The van der Waals surface area contributed by atoms with E-state index in [1.54, 1.807) is 0 Å². The molecule has 2 N–H and O–H groups in total. The minimum atomic E-state index is -5.12. The summed E-state index contributed by atoms with van der Waals surface area (Å²) < 4.78 is 78.3. The smallest absolute Gasteiger partial charge is 0.344 e. The maximum atomic E-state index is 13.0. The number of nitrogens with one attached hydrogen (secondary N) is 2. The van der Waals surface area contributed by atoms with E-state index in [1.807, 2.05) is 6.07 Å². The summed E-state index contributed by atoms with van der Waals surface area (Å²) in [6, 6.07) is 1.19. The number of benzene rings is 1. The number of rotatable bonds is 5. The number of nitriles is 1. The molecule has 1 aromatic carbocycles. The second-order valence-electron chi connectivity index (χ2n) is 7.47. The fraction of sp³-hybridized carbons (Fsp3) is 0.350. The Morgan fingerprint density at radius 2 is 1.45 bits per heavy atom. The van der Waals surface area contributed by atoms with Gasteiger partial charge in [-0.15, -0.1) is 0 Å². The Hall–Kier alpha value is -3.69. The van der Waals surface area contributed by atoms with E-state index in [-0.39, 0.29) is 29.6 Å². The topological polar surface area (TPSA) is 108 Å². The second kappa shape index (κ2) is 9.05. The highest BCUT2D eigenvalue weighted by molar-refractivity contribution is 5.96. The third-order valence-corrected chi connectivity index (χ3v) is 4.25. The fourth-order valence-electron chi connectivity index (χ4n) is 2.65. The van der Waals surface area contributed by atoms with Gasteiger partial charge in [0.1, 0.15) is 5.54 Å². The Bertz CT molecular complexity index is 1070. The normalized spacial score (nSPS) is 13.1. The average Bonchev–Trinajstić information content (AvgIpc) is 2.71. The molecule has 2 rings (SSSR count). The van der Waals surface area contributed by atoms with Crippen molar-refractivity contribution in [2.75, 3.05) is 0 Å². The van der Waals surface area contributed by atoms with Crippen LogP contribution in [0, 0.1) is 11.3 Å². The highest BCUT2D eigenvalue weighted by atomic mass is 19.4. The van der Waals surface area contributed by atoms with Crippen molar-refractivity contribution in [3.63, 3.8) is 0 Å². The van der Waals surface area contributed by atoms with Crippen LogP contribution < -0.4 is 10.6 Å². The van der Waals surface area contributed by atoms with E-state index in [4.69, 9.17) is 5.26 Å². The van der Waals surface area contributed by atoms with Crippen LogP contribution in [0.25, 0.3) is 0 Å². The number of hydrogen-bond acceptors (Lipinski definition) is 5. The third-order valence-electron chi connectivity index (χ3n) is 4.25. The van der Waals surface area contributed by atoms with Crippen molar-refractivity contribution in [2.24, 2.45) is 0 Å². The predicted molar refractivity (Wildman–Crippen MR) is 102 cm³/mol. The Morgan fingerprint density at radius 1 is 0.939 bits per heavy atom. The lowest BCUT2D eigenvalue weighted by Gasteiger charge is -2.20. The van der Waals surface area contributed by atoms with Gasteiger partial charge in [0.15, 0.2) is 5.69 Å². The van der Waals surface area contributed by atoms with E-state index in [2.05, 4.69) is 20.6 Å². The molecule has 1 atom stereocenters. The predicted octanol–water partition coefficient (Wildman–Crippen LogP) is 4.04. The van der Waals surface area contributed by atoms with Gasteiger partial charge in [-0.25, -0.2) is 4.98 Å². The molecule has 0 aliphatic rings. The van der Waals surface area contributed by atoms with E-state index in [1.165, 1.54) is 27.0 Å². The Labute approximate surface area is 183 Å². The number of alkyl halides is 6. The zero-order valence-corrected chi connectivity index (χ0v) is 17.4. The lowest BCUT2D eigenvalue weighted by atomic mass is 10.0. The van der Waals surface area contributed by atoms with E-state index in [9.17, 15) is 35.9 Å². The molecular weight excluding hydrogens is 456 g/mol. The number of nitrogens with zero attached hydrogens (tertiary/aromatic N) is 3. The summed E-state index contributed by atoms with van der Waals surface area (Å²) in [5.41, 5.74) is -5.84. The first-order chi connectivity index (χ1) is 15.0. The molecule has 176 valence electrons. The molecule has 1 unspecified atom stereocenters. The van der Waals surface area contributed by atoms with Crippen LogP contribution in [0.2, 0.25) is 0 Å². The van der Waals surface area contributed by atoms with Crippen LogP contribution in [0.15, 0.2) is 30.6 Å². The Morgan fingerprint density at radius 3 is 1.94 bits per heavy atom. The molecule has 33 heavy (non-hydrogen) atoms. The minimum absolute atomic E-state index is 0.0950. The third kappa shape index (κ3) is 6.41. The molecule has 1 aromatic heterocycles. The van der Waals surface area contributed by atoms with Crippen molar-refractivity contribution in [3.8, 4) is 6.07 Å². The molecule has 1 heterocycles. The summed E-state index contributed by atoms with van der Waals surface area (Å²) in [5.74, 6) is -2.07. The van der Waals surface area contributed by atoms with Gasteiger partial charge in [0, 0.05) is 18.0 Å². The summed E-state index contributed by atoms with van der Waals surface area (Å²) in [6.07, 6.45) is -7.90. The molecule has 0 aliphatic carbocycles. The maximum Gasteiger partial charge on any atom is 0.416 e. The average molecular weight is 473 g/mol. The van der Waals surface area contributed by atoms with Crippen molar-refractivity contribution >= 4 is 11.8 Å². The van der Waals surface area contributed by atoms with Gasteiger partial charge in [0.05, 0.1) is 28.9 Å². The van der Waals surface area contributed by atoms with E-state index in [0.29, 0.717) is 0 Å². The van der Waals surface area contributed by atoms with Gasteiger partial charge in [-0.1, -0.05) is 0 Å². The highest BCUT2D eigenvalue weighted by Gasteiger charge is 2.37. The molecule has 0 saturated carbocycles. The van der Waals surface area contributed by atoms with Crippen molar-refractivity contribution in [1.82, 2.24) is 20.6 Å². The van der Waals surface area contributed by atoms with Gasteiger partial charge >= 0.3 is 12.4 Å². The highest BCUT2D eigenvalue weighted by Crippen LogP contribution is 2.36. The first-order valence-corrected chi connectivity index (χ1v) is 9.20. The minimum Gasteiger partial charge on any atom is -0.344 e. The quantitative estimate of drug-likeness (QED) is 0.638. The molecule has 0 spiro atoms. The van der Waals surface area contributed by atoms with Gasteiger partial charge in [-0.05, 0) is 39.0 Å². The number of carbonyl (C=O) groups is 2. The zero-order valence-electron chi connectivity index (χ0n) is 17.4. The van der Waals surface area contributed by atoms with Crippen molar-refractivity contribution in [3.05, 3.63) is 58.7 Å². The lowest BCUT2D eigenvalue weighted by molar-refractivity contribution is -0.143. The number of carbonyl (C=O) groups excluding carboxylic acids is 2. The Kier molecular flexibility index (Phi) is 7.01. The Balaban J connectivity index is 2.38. The van der Waals surface area contributed by atoms with Gasteiger partial charge in [-0.3, -0.25) is 14.6 Å². The molecule has 0 radical (unpaired) electrons. The van der Waals surface area contributed by atoms with Crippen molar-refractivity contribution in [2.45, 2.75) is 44.7 Å². The first kappa shape index (κ1) is 25.6. The molecule has 0 aliphatic heterocycles. The lowest BCUT2D eigenvalue weighted by Crippen LogP contribution is -2.43. The van der Waals surface area contributed by atoms with Crippen LogP contribution in [-0.4, -0.2) is 27.3 Å².